The SMILES string of the molecule is CCn1c(=O)c(C)nc2cc(C(=O)OCC(=O)c3cc(C)n(C)c3C)ccc21. The molecule has 0 fully saturated rings. The van der Waals surface area contributed by atoms with E-state index < -0.39 is 5.97 Å². The number of benzene rings is 1. The number of nitrogens with zero attached hydrogens (tertiary/aromatic N) is 3. The van der Waals surface area contributed by atoms with Crippen molar-refractivity contribution in [2.24, 2.45) is 7.05 Å². The molecule has 0 N–H and O–H groups in total. The number of hydrogen-bond donors (Lipinski definition) is 0. The highest BCUT2D eigenvalue weighted by molar-refractivity contribution is 6.01. The number of esters is 1. The van der Waals surface area contributed by atoms with Crippen molar-refractivity contribution < 1.29 is 14.3 Å². The molecule has 0 aliphatic heterocycles. The second-order valence-corrected chi connectivity index (χ2v) is 6.79. The molecule has 2 heterocycles. The fraction of sp³-hybridized carbons (Fsp3) is 0.333. The first-order valence-corrected chi connectivity index (χ1v) is 9.09. The molecule has 3 aromatic rings. The molecule has 0 aliphatic rings. The minimum atomic E-state index is -0.603. The van der Waals surface area contributed by atoms with Gasteiger partial charge in [0.15, 0.2) is 6.61 Å². The fourth-order valence-electron chi connectivity index (χ4n) is 3.25. The molecule has 3 rings (SSSR count). The number of Topliss-reactive ketones (excluding diaryl/α,β-unsaturated/α-hetero) is 1. The van der Waals surface area contributed by atoms with Gasteiger partial charge in [0.05, 0.1) is 16.6 Å². The second-order valence-electron chi connectivity index (χ2n) is 6.79. The number of ether oxygens (including phenoxy) is 1. The van der Waals surface area contributed by atoms with E-state index in [0.717, 1.165) is 11.4 Å². The van der Waals surface area contributed by atoms with Gasteiger partial charge in [-0.15, -0.1) is 0 Å². The van der Waals surface area contributed by atoms with E-state index in [1.54, 1.807) is 35.8 Å². The van der Waals surface area contributed by atoms with E-state index in [1.807, 2.05) is 32.4 Å². The van der Waals surface area contributed by atoms with Crippen LogP contribution in [0.15, 0.2) is 29.1 Å². The summed E-state index contributed by atoms with van der Waals surface area (Å²) >= 11 is 0. The van der Waals surface area contributed by atoms with E-state index in [9.17, 15) is 14.4 Å². The Morgan fingerprint density at radius 1 is 1.14 bits per heavy atom. The average molecular weight is 381 g/mol. The molecule has 0 unspecified atom stereocenters. The van der Waals surface area contributed by atoms with Gasteiger partial charge in [0.25, 0.3) is 5.56 Å². The van der Waals surface area contributed by atoms with Gasteiger partial charge in [-0.1, -0.05) is 0 Å². The van der Waals surface area contributed by atoms with E-state index >= 15 is 0 Å². The molecule has 1 aromatic carbocycles. The van der Waals surface area contributed by atoms with Gasteiger partial charge in [0, 0.05) is 30.5 Å². The zero-order valence-corrected chi connectivity index (χ0v) is 16.7. The summed E-state index contributed by atoms with van der Waals surface area (Å²) in [7, 11) is 1.88. The maximum absolute atomic E-state index is 12.4. The average Bonchev–Trinajstić information content (AvgIpc) is 2.94. The molecule has 0 spiro atoms. The van der Waals surface area contributed by atoms with Crippen LogP contribution in [0.3, 0.4) is 0 Å². The van der Waals surface area contributed by atoms with Gasteiger partial charge in [0.2, 0.25) is 5.78 Å². The van der Waals surface area contributed by atoms with Gasteiger partial charge in [-0.2, -0.15) is 0 Å². The molecule has 2 aromatic heterocycles. The highest BCUT2D eigenvalue weighted by Gasteiger charge is 2.17. The highest BCUT2D eigenvalue weighted by Crippen LogP contribution is 2.16. The Morgan fingerprint density at radius 3 is 2.46 bits per heavy atom. The summed E-state index contributed by atoms with van der Waals surface area (Å²) in [5, 5.41) is 0. The lowest BCUT2D eigenvalue weighted by Crippen LogP contribution is -2.23. The second kappa shape index (κ2) is 7.42. The van der Waals surface area contributed by atoms with Crippen LogP contribution >= 0.6 is 0 Å². The quantitative estimate of drug-likeness (QED) is 0.501. The van der Waals surface area contributed by atoms with Crippen LogP contribution < -0.4 is 5.56 Å². The number of fused-ring (bicyclic) bond motifs is 1. The van der Waals surface area contributed by atoms with Crippen LogP contribution in [0, 0.1) is 20.8 Å². The fourth-order valence-corrected chi connectivity index (χ4v) is 3.25. The van der Waals surface area contributed by atoms with E-state index in [-0.39, 0.29) is 23.5 Å². The van der Waals surface area contributed by atoms with Crippen LogP contribution in [0.5, 0.6) is 0 Å². The first kappa shape index (κ1) is 19.5. The summed E-state index contributed by atoms with van der Waals surface area (Å²) in [6.07, 6.45) is 0. The lowest BCUT2D eigenvalue weighted by Gasteiger charge is -2.10. The molecule has 0 amide bonds. The van der Waals surface area contributed by atoms with Crippen molar-refractivity contribution in [3.63, 3.8) is 0 Å². The number of rotatable bonds is 5. The molecule has 0 radical (unpaired) electrons. The normalized spacial score (nSPS) is 11.0. The molecule has 0 aliphatic carbocycles. The number of carbonyl (C=O) groups is 2. The highest BCUT2D eigenvalue weighted by atomic mass is 16.5. The van der Waals surface area contributed by atoms with Crippen molar-refractivity contribution >= 4 is 22.8 Å². The summed E-state index contributed by atoms with van der Waals surface area (Å²) < 4.78 is 8.74. The van der Waals surface area contributed by atoms with Crippen LogP contribution in [-0.4, -0.2) is 32.5 Å². The summed E-state index contributed by atoms with van der Waals surface area (Å²) in [5.74, 6) is -0.849. The lowest BCUT2D eigenvalue weighted by atomic mass is 10.1. The predicted molar refractivity (Wildman–Crippen MR) is 106 cm³/mol. The van der Waals surface area contributed by atoms with Crippen LogP contribution in [-0.2, 0) is 18.3 Å². The molecule has 7 nitrogen and oxygen atoms in total. The van der Waals surface area contributed by atoms with Gasteiger partial charge in [-0.05, 0) is 52.0 Å². The Balaban J connectivity index is 1.82. The Morgan fingerprint density at radius 2 is 1.86 bits per heavy atom. The zero-order valence-electron chi connectivity index (χ0n) is 16.7. The Labute approximate surface area is 162 Å². The molecular formula is C21H23N3O4. The molecule has 28 heavy (non-hydrogen) atoms. The minimum absolute atomic E-state index is 0.149. The molecule has 146 valence electrons. The molecular weight excluding hydrogens is 358 g/mol. The Hall–Kier alpha value is -3.22. The number of hydrogen-bond acceptors (Lipinski definition) is 5. The Kier molecular flexibility index (Phi) is 5.18. The zero-order chi connectivity index (χ0) is 20.6. The van der Waals surface area contributed by atoms with Crippen LogP contribution in [0.4, 0.5) is 0 Å². The summed E-state index contributed by atoms with van der Waals surface area (Å²) in [5.41, 5.74) is 4.04. The Bertz CT molecular complexity index is 1150. The van der Waals surface area contributed by atoms with Gasteiger partial charge in [-0.3, -0.25) is 9.59 Å². The van der Waals surface area contributed by atoms with Crippen molar-refractivity contribution in [1.82, 2.24) is 14.1 Å². The maximum Gasteiger partial charge on any atom is 0.338 e. The molecule has 0 saturated heterocycles. The first-order valence-electron chi connectivity index (χ1n) is 9.09. The van der Waals surface area contributed by atoms with Crippen molar-refractivity contribution in [1.29, 1.82) is 0 Å². The molecule has 0 atom stereocenters. The summed E-state index contributed by atoms with van der Waals surface area (Å²) in [4.78, 5) is 41.3. The predicted octanol–water partition coefficient (Wildman–Crippen LogP) is 2.72. The van der Waals surface area contributed by atoms with E-state index in [1.165, 1.54) is 0 Å². The van der Waals surface area contributed by atoms with Crippen molar-refractivity contribution in [3.8, 4) is 0 Å². The molecule has 0 saturated carbocycles. The number of aryl methyl sites for hydroxylation is 3. The number of carbonyl (C=O) groups excluding carboxylic acids is 2. The minimum Gasteiger partial charge on any atom is -0.454 e. The number of aromatic nitrogens is 3. The van der Waals surface area contributed by atoms with E-state index in [4.69, 9.17) is 4.74 Å². The van der Waals surface area contributed by atoms with Crippen LogP contribution in [0.2, 0.25) is 0 Å². The summed E-state index contributed by atoms with van der Waals surface area (Å²) in [6, 6.07) is 6.63. The van der Waals surface area contributed by atoms with Gasteiger partial charge in [-0.25, -0.2) is 9.78 Å². The first-order chi connectivity index (χ1) is 13.2. The van der Waals surface area contributed by atoms with Crippen LogP contribution in [0.25, 0.3) is 11.0 Å². The number of ketones is 1. The standard InChI is InChI=1S/C21H23N3O4/c1-6-24-18-8-7-15(10-17(18)22-13(3)20(24)26)21(27)28-11-19(25)16-9-12(2)23(5)14(16)4/h7-10H,6,11H2,1-5H3. The molecule has 7 heteroatoms. The van der Waals surface area contributed by atoms with Crippen molar-refractivity contribution in [2.75, 3.05) is 6.61 Å². The third-order valence-electron chi connectivity index (χ3n) is 5.07. The van der Waals surface area contributed by atoms with Crippen molar-refractivity contribution in [2.45, 2.75) is 34.2 Å². The third-order valence-corrected chi connectivity index (χ3v) is 5.07. The monoisotopic (exact) mass is 381 g/mol. The third kappa shape index (κ3) is 3.35. The molecule has 0 bridgehead atoms. The van der Waals surface area contributed by atoms with Gasteiger partial charge >= 0.3 is 5.97 Å². The maximum atomic E-state index is 12.4. The van der Waals surface area contributed by atoms with Gasteiger partial charge in [0.1, 0.15) is 5.69 Å². The lowest BCUT2D eigenvalue weighted by molar-refractivity contribution is 0.0474. The smallest absolute Gasteiger partial charge is 0.338 e. The topological polar surface area (TPSA) is 83.2 Å². The van der Waals surface area contributed by atoms with Crippen molar-refractivity contribution in [3.05, 3.63) is 62.8 Å². The van der Waals surface area contributed by atoms with E-state index in [0.29, 0.717) is 28.8 Å². The summed E-state index contributed by atoms with van der Waals surface area (Å²) in [6.45, 7) is 7.46. The van der Waals surface area contributed by atoms with E-state index in [2.05, 4.69) is 4.98 Å². The van der Waals surface area contributed by atoms with Crippen LogP contribution in [0.1, 0.15) is 44.7 Å². The van der Waals surface area contributed by atoms with Gasteiger partial charge < -0.3 is 13.9 Å². The largest absolute Gasteiger partial charge is 0.454 e.